The molecule has 10 rings (SSSR count). The minimum atomic E-state index is 1.00. The Balaban J connectivity index is 1.15. The van der Waals surface area contributed by atoms with Crippen molar-refractivity contribution >= 4 is 54.5 Å². The number of fused-ring (bicyclic) bond motifs is 8. The molecule has 0 bridgehead atoms. The van der Waals surface area contributed by atoms with Crippen LogP contribution in [-0.2, 0) is 0 Å². The van der Waals surface area contributed by atoms with Crippen molar-refractivity contribution in [2.75, 3.05) is 0 Å². The van der Waals surface area contributed by atoms with Crippen molar-refractivity contribution in [3.05, 3.63) is 170 Å². The first-order valence-electron chi connectivity index (χ1n) is 16.2. The predicted molar refractivity (Wildman–Crippen MR) is 199 cm³/mol. The molecule has 0 spiro atoms. The first-order valence-corrected chi connectivity index (χ1v) is 16.2. The van der Waals surface area contributed by atoms with Gasteiger partial charge in [0.15, 0.2) is 0 Å². The summed E-state index contributed by atoms with van der Waals surface area (Å²) in [4.78, 5) is 9.32. The third kappa shape index (κ3) is 4.03. The highest BCUT2D eigenvalue weighted by Crippen LogP contribution is 2.39. The van der Waals surface area contributed by atoms with Gasteiger partial charge in [-0.15, -0.1) is 0 Å². The van der Waals surface area contributed by atoms with Crippen LogP contribution in [0.2, 0.25) is 0 Å². The summed E-state index contributed by atoms with van der Waals surface area (Å²) in [6, 6.07) is 54.2. The maximum absolute atomic E-state index is 4.85. The molecule has 0 N–H and O–H groups in total. The Kier molecular flexibility index (Phi) is 5.84. The summed E-state index contributed by atoms with van der Waals surface area (Å²) in [5.74, 6) is 0. The average molecular weight is 613 g/mol. The molecule has 4 heteroatoms. The number of rotatable bonds is 4. The van der Waals surface area contributed by atoms with Crippen LogP contribution >= 0.6 is 0 Å². The lowest BCUT2D eigenvalue weighted by Crippen LogP contribution is -1.93. The topological polar surface area (TPSA) is 35.6 Å². The molecular weight excluding hydrogens is 585 g/mol. The average Bonchev–Trinajstić information content (AvgIpc) is 3.68. The van der Waals surface area contributed by atoms with Gasteiger partial charge in [0.05, 0.1) is 40.0 Å². The van der Waals surface area contributed by atoms with Gasteiger partial charge in [0.2, 0.25) is 0 Å². The van der Waals surface area contributed by atoms with Crippen LogP contribution in [0.15, 0.2) is 170 Å². The van der Waals surface area contributed by atoms with Crippen molar-refractivity contribution in [1.29, 1.82) is 0 Å². The number of nitrogens with zero attached hydrogens (tertiary/aromatic N) is 4. The summed E-state index contributed by atoms with van der Waals surface area (Å²) in [6.45, 7) is 0. The molecule has 0 fully saturated rings. The molecule has 0 radical (unpaired) electrons. The minimum Gasteiger partial charge on any atom is -0.308 e. The molecule has 10 aromatic rings. The zero-order valence-corrected chi connectivity index (χ0v) is 26.0. The fourth-order valence-electron chi connectivity index (χ4n) is 7.46. The van der Waals surface area contributed by atoms with E-state index in [1.165, 1.54) is 60.2 Å². The van der Waals surface area contributed by atoms with E-state index < -0.39 is 0 Å². The monoisotopic (exact) mass is 612 g/mol. The standard InChI is InChI=1S/C44H28N4/c1-3-12-33(13-4-1)47-40-20-18-31(25-37(40)35-22-23-45-27-42(35)47)29-10-9-11-30(24-29)32-19-21-41-38(26-32)44-36-16-7-8-17-39(36)46-28-43(44)48(41)34-14-5-2-6-15-34/h1-28H. The van der Waals surface area contributed by atoms with Crippen LogP contribution in [0.5, 0.6) is 0 Å². The molecule has 0 amide bonds. The lowest BCUT2D eigenvalue weighted by Gasteiger charge is -2.10. The number of benzene rings is 6. The van der Waals surface area contributed by atoms with Gasteiger partial charge in [-0.2, -0.15) is 0 Å². The van der Waals surface area contributed by atoms with Crippen molar-refractivity contribution < 1.29 is 0 Å². The zero-order chi connectivity index (χ0) is 31.6. The first-order chi connectivity index (χ1) is 23.8. The zero-order valence-electron chi connectivity index (χ0n) is 26.0. The maximum Gasteiger partial charge on any atom is 0.0730 e. The number of hydrogen-bond acceptors (Lipinski definition) is 2. The second-order valence-electron chi connectivity index (χ2n) is 12.3. The second kappa shape index (κ2) is 10.5. The Hall–Kier alpha value is -6.52. The molecule has 6 aromatic carbocycles. The first kappa shape index (κ1) is 26.7. The molecule has 4 nitrogen and oxygen atoms in total. The minimum absolute atomic E-state index is 1.00. The summed E-state index contributed by atoms with van der Waals surface area (Å²) in [5, 5.41) is 6.03. The number of aromatic nitrogens is 4. The van der Waals surface area contributed by atoms with Crippen LogP contribution in [0, 0.1) is 0 Å². The number of pyridine rings is 2. The maximum atomic E-state index is 4.85. The summed E-state index contributed by atoms with van der Waals surface area (Å²) in [7, 11) is 0. The van der Waals surface area contributed by atoms with Gasteiger partial charge in [-0.25, -0.2) is 0 Å². The quantitative estimate of drug-likeness (QED) is 0.198. The highest BCUT2D eigenvalue weighted by molar-refractivity contribution is 6.21. The van der Waals surface area contributed by atoms with E-state index in [-0.39, 0.29) is 0 Å². The molecular formula is C44H28N4. The van der Waals surface area contributed by atoms with Crippen LogP contribution in [0.4, 0.5) is 0 Å². The third-order valence-corrected chi connectivity index (χ3v) is 9.63. The van der Waals surface area contributed by atoms with Gasteiger partial charge in [-0.05, 0) is 89.0 Å². The van der Waals surface area contributed by atoms with Gasteiger partial charge >= 0.3 is 0 Å². The van der Waals surface area contributed by atoms with E-state index in [1.807, 2.05) is 18.6 Å². The van der Waals surface area contributed by atoms with Gasteiger partial charge in [-0.3, -0.25) is 9.97 Å². The molecule has 0 saturated carbocycles. The predicted octanol–water partition coefficient (Wildman–Crippen LogP) is 11.2. The molecule has 4 aromatic heterocycles. The fourth-order valence-corrected chi connectivity index (χ4v) is 7.46. The number of para-hydroxylation sites is 3. The van der Waals surface area contributed by atoms with Crippen molar-refractivity contribution in [2.45, 2.75) is 0 Å². The van der Waals surface area contributed by atoms with Crippen LogP contribution < -0.4 is 0 Å². The normalized spacial score (nSPS) is 11.8. The summed E-state index contributed by atoms with van der Waals surface area (Å²) < 4.78 is 4.64. The molecule has 0 aliphatic carbocycles. The van der Waals surface area contributed by atoms with Gasteiger partial charge in [-0.1, -0.05) is 84.9 Å². The Bertz CT molecular complexity index is 2830. The fraction of sp³-hybridized carbons (Fsp3) is 0. The number of hydrogen-bond donors (Lipinski definition) is 0. The molecule has 0 aliphatic rings. The molecule has 0 aliphatic heterocycles. The smallest absolute Gasteiger partial charge is 0.0730 e. The molecule has 0 unspecified atom stereocenters. The van der Waals surface area contributed by atoms with E-state index in [2.05, 4.69) is 166 Å². The second-order valence-corrected chi connectivity index (χ2v) is 12.3. The lowest BCUT2D eigenvalue weighted by molar-refractivity contribution is 1.17. The van der Waals surface area contributed by atoms with Crippen LogP contribution in [0.1, 0.15) is 0 Å². The van der Waals surface area contributed by atoms with Gasteiger partial charge in [0, 0.05) is 44.5 Å². The Morgan fingerprint density at radius 1 is 0.375 bits per heavy atom. The van der Waals surface area contributed by atoms with Crippen LogP contribution in [0.3, 0.4) is 0 Å². The highest BCUT2D eigenvalue weighted by atomic mass is 15.0. The van der Waals surface area contributed by atoms with Crippen LogP contribution in [-0.4, -0.2) is 19.1 Å². The molecule has 48 heavy (non-hydrogen) atoms. The van der Waals surface area contributed by atoms with Gasteiger partial charge < -0.3 is 9.13 Å². The molecule has 4 heterocycles. The van der Waals surface area contributed by atoms with Crippen molar-refractivity contribution in [3.63, 3.8) is 0 Å². The van der Waals surface area contributed by atoms with E-state index in [4.69, 9.17) is 4.98 Å². The van der Waals surface area contributed by atoms with Gasteiger partial charge in [0.1, 0.15) is 0 Å². The summed E-state index contributed by atoms with van der Waals surface area (Å²) >= 11 is 0. The van der Waals surface area contributed by atoms with Crippen molar-refractivity contribution in [2.24, 2.45) is 0 Å². The Morgan fingerprint density at radius 3 is 1.71 bits per heavy atom. The lowest BCUT2D eigenvalue weighted by atomic mass is 9.97. The molecule has 0 saturated heterocycles. The highest BCUT2D eigenvalue weighted by Gasteiger charge is 2.17. The molecule has 224 valence electrons. The SMILES string of the molecule is c1ccc(-n2c3ccc(-c4cccc(-c5ccc6c(c5)c5c7ccccc7ncc5n6-c5ccccc5)c4)cc3c3ccncc32)cc1. The van der Waals surface area contributed by atoms with Gasteiger partial charge in [0.25, 0.3) is 0 Å². The Morgan fingerprint density at radius 2 is 0.979 bits per heavy atom. The Labute approximate surface area is 276 Å². The summed E-state index contributed by atoms with van der Waals surface area (Å²) in [6.07, 6.45) is 5.87. The van der Waals surface area contributed by atoms with E-state index in [0.29, 0.717) is 0 Å². The van der Waals surface area contributed by atoms with E-state index in [1.54, 1.807) is 0 Å². The summed E-state index contributed by atoms with van der Waals surface area (Å²) in [5.41, 5.74) is 12.6. The third-order valence-electron chi connectivity index (χ3n) is 9.63. The molecule has 0 atom stereocenters. The van der Waals surface area contributed by atoms with E-state index >= 15 is 0 Å². The van der Waals surface area contributed by atoms with E-state index in [9.17, 15) is 0 Å². The van der Waals surface area contributed by atoms with Crippen molar-refractivity contribution in [1.82, 2.24) is 19.1 Å². The van der Waals surface area contributed by atoms with Crippen molar-refractivity contribution in [3.8, 4) is 33.6 Å². The van der Waals surface area contributed by atoms with Crippen LogP contribution in [0.25, 0.3) is 88.1 Å². The van der Waals surface area contributed by atoms with E-state index in [0.717, 1.165) is 27.9 Å². The largest absolute Gasteiger partial charge is 0.308 e.